The summed E-state index contributed by atoms with van der Waals surface area (Å²) in [5.41, 5.74) is 3.81. The number of carbonyl (C=O) groups is 2. The lowest BCUT2D eigenvalue weighted by molar-refractivity contribution is 0.0972. The van der Waals surface area contributed by atoms with Crippen LogP contribution in [0.3, 0.4) is 0 Å². The Bertz CT molecular complexity index is 1970. The van der Waals surface area contributed by atoms with Gasteiger partial charge in [-0.15, -0.1) is 0 Å². The highest BCUT2D eigenvalue weighted by atomic mass is 35.5. The Labute approximate surface area is 352 Å². The molecule has 0 radical (unpaired) electrons. The van der Waals surface area contributed by atoms with E-state index in [0.717, 1.165) is 88.1 Å². The van der Waals surface area contributed by atoms with Crippen LogP contribution >= 0.6 is 11.6 Å². The zero-order chi connectivity index (χ0) is 41.9. The van der Waals surface area contributed by atoms with Gasteiger partial charge in [0.1, 0.15) is 0 Å². The Morgan fingerprint density at radius 2 is 1.31 bits per heavy atom. The monoisotopic (exact) mass is 830 g/mol. The highest BCUT2D eigenvalue weighted by molar-refractivity contribution is 6.30. The molecule has 316 valence electrons. The van der Waals surface area contributed by atoms with Crippen LogP contribution in [-0.4, -0.2) is 82.5 Å². The molecule has 2 N–H and O–H groups in total. The van der Waals surface area contributed by atoms with Crippen molar-refractivity contribution in [2.24, 2.45) is 0 Å². The molecular formula is C47H58ClF3N6O2. The number of unbranched alkanes of at least 4 members (excludes halogenated alkanes) is 1. The number of likely N-dealkylation sites (tertiary alicyclic amines) is 2. The summed E-state index contributed by atoms with van der Waals surface area (Å²) in [4.78, 5) is 36.3. The van der Waals surface area contributed by atoms with Gasteiger partial charge in [0.25, 0.3) is 0 Å². The first kappa shape index (κ1) is 44.0. The molecule has 4 amide bonds. The maximum absolute atomic E-state index is 14.0. The summed E-state index contributed by atoms with van der Waals surface area (Å²) in [6, 6.07) is 26.8. The Balaban J connectivity index is 1.08. The summed E-state index contributed by atoms with van der Waals surface area (Å²) >= 11 is 6.25. The van der Waals surface area contributed by atoms with Crippen molar-refractivity contribution in [2.75, 3.05) is 43.4 Å². The van der Waals surface area contributed by atoms with E-state index in [1.54, 1.807) is 17.0 Å². The number of halogens is 4. The summed E-state index contributed by atoms with van der Waals surface area (Å²) in [6.07, 6.45) is 6.60. The van der Waals surface area contributed by atoms with E-state index in [9.17, 15) is 22.8 Å². The second kappa shape index (κ2) is 21.1. The Morgan fingerprint density at radius 3 is 1.93 bits per heavy atom. The van der Waals surface area contributed by atoms with Crippen LogP contribution in [0.1, 0.15) is 88.3 Å². The van der Waals surface area contributed by atoms with Gasteiger partial charge in [0, 0.05) is 85.9 Å². The van der Waals surface area contributed by atoms with Gasteiger partial charge in [-0.05, 0) is 92.8 Å². The molecule has 0 aromatic heterocycles. The number of benzene rings is 4. The lowest BCUT2D eigenvalue weighted by Crippen LogP contribution is -2.50. The summed E-state index contributed by atoms with van der Waals surface area (Å²) in [7, 11) is 0. The van der Waals surface area contributed by atoms with Gasteiger partial charge in [0.05, 0.1) is 0 Å². The van der Waals surface area contributed by atoms with Gasteiger partial charge in [-0.1, -0.05) is 92.5 Å². The molecule has 0 spiro atoms. The van der Waals surface area contributed by atoms with E-state index in [2.05, 4.69) is 65.5 Å². The number of nitrogens with zero attached hydrogens (tertiary/aromatic N) is 4. The first-order valence-electron chi connectivity index (χ1n) is 21.1. The van der Waals surface area contributed by atoms with Crippen molar-refractivity contribution in [3.8, 4) is 0 Å². The van der Waals surface area contributed by atoms with Crippen molar-refractivity contribution in [1.82, 2.24) is 19.6 Å². The van der Waals surface area contributed by atoms with Crippen LogP contribution in [0, 0.1) is 17.5 Å². The second-order valence-corrected chi connectivity index (χ2v) is 16.7. The summed E-state index contributed by atoms with van der Waals surface area (Å²) in [6.45, 7) is 12.2. The largest absolute Gasteiger partial charge is 0.322 e. The average Bonchev–Trinajstić information content (AvgIpc) is 3.23. The number of rotatable bonds is 15. The fourth-order valence-electron chi connectivity index (χ4n) is 8.56. The van der Waals surface area contributed by atoms with Gasteiger partial charge in [0.2, 0.25) is 0 Å². The lowest BCUT2D eigenvalue weighted by Gasteiger charge is -2.41. The van der Waals surface area contributed by atoms with Crippen molar-refractivity contribution < 1.29 is 22.8 Å². The molecule has 4 aromatic carbocycles. The fraction of sp³-hybridized carbons (Fsp3) is 0.447. The lowest BCUT2D eigenvalue weighted by atomic mass is 9.91. The van der Waals surface area contributed by atoms with Gasteiger partial charge in [-0.25, -0.2) is 22.8 Å². The standard InChI is InChI=1S/C47H58ClF3N6O2/c1-4-5-21-54-22-17-41(18-23-54)57(46(58)52-39-16-10-15-38(48)28-39)32-36-13-9-14-37(27-36)33(2)26-34(3)55-24-19-42(20-25-55)56(31-35-11-7-6-8-12-35)47(59)53-40-29-43(49)45(51)44(50)30-40/h6-16,27-30,33-34,41-42H,4-5,17-26,31-32H2,1-3H3,(H,52,58)(H,53,59). The molecule has 2 heterocycles. The normalized spacial score (nSPS) is 16.7. The van der Waals surface area contributed by atoms with Crippen molar-refractivity contribution in [2.45, 2.75) is 103 Å². The van der Waals surface area contributed by atoms with Crippen LogP contribution < -0.4 is 10.6 Å². The number of nitrogens with one attached hydrogen (secondary N) is 2. The van der Waals surface area contributed by atoms with E-state index in [0.29, 0.717) is 23.8 Å². The first-order valence-corrected chi connectivity index (χ1v) is 21.5. The Morgan fingerprint density at radius 1 is 0.729 bits per heavy atom. The molecule has 0 saturated carbocycles. The smallest absolute Gasteiger partial charge is 0.317 e. The minimum Gasteiger partial charge on any atom is -0.317 e. The molecular weight excluding hydrogens is 773 g/mol. The topological polar surface area (TPSA) is 71.2 Å². The third-order valence-electron chi connectivity index (χ3n) is 12.0. The predicted molar refractivity (Wildman–Crippen MR) is 231 cm³/mol. The molecule has 6 rings (SSSR count). The van der Waals surface area contributed by atoms with Crippen LogP contribution in [0.25, 0.3) is 0 Å². The molecule has 2 aliphatic rings. The first-order chi connectivity index (χ1) is 28.5. The molecule has 0 bridgehead atoms. The molecule has 2 unspecified atom stereocenters. The van der Waals surface area contributed by atoms with E-state index in [4.69, 9.17) is 11.6 Å². The molecule has 12 heteroatoms. The van der Waals surface area contributed by atoms with E-state index in [-0.39, 0.29) is 35.8 Å². The van der Waals surface area contributed by atoms with Crippen molar-refractivity contribution in [3.63, 3.8) is 0 Å². The Hall–Kier alpha value is -4.58. The predicted octanol–water partition coefficient (Wildman–Crippen LogP) is 11.1. The van der Waals surface area contributed by atoms with Gasteiger partial charge >= 0.3 is 12.1 Å². The van der Waals surface area contributed by atoms with Gasteiger partial charge in [-0.3, -0.25) is 0 Å². The quantitative estimate of drug-likeness (QED) is 0.117. The molecule has 59 heavy (non-hydrogen) atoms. The second-order valence-electron chi connectivity index (χ2n) is 16.3. The zero-order valence-electron chi connectivity index (χ0n) is 34.5. The van der Waals surface area contributed by atoms with Crippen LogP contribution in [0.15, 0.2) is 91.0 Å². The Kier molecular flexibility index (Phi) is 15.7. The van der Waals surface area contributed by atoms with E-state index < -0.39 is 23.5 Å². The number of amides is 4. The van der Waals surface area contributed by atoms with Crippen molar-refractivity contribution >= 4 is 35.0 Å². The van der Waals surface area contributed by atoms with Crippen LogP contribution in [0.5, 0.6) is 0 Å². The summed E-state index contributed by atoms with van der Waals surface area (Å²) in [5, 5.41) is 6.29. The SMILES string of the molecule is CCCCN1CCC(N(Cc2cccc(C(C)CC(C)N3CCC(N(Cc4ccccc4)C(=O)Nc4cc(F)c(F)c(F)c4)CC3)c2)C(=O)Nc2cccc(Cl)c2)CC1. The third kappa shape index (κ3) is 12.2. The minimum atomic E-state index is -1.57. The van der Waals surface area contributed by atoms with Crippen molar-refractivity contribution in [1.29, 1.82) is 0 Å². The number of urea groups is 2. The molecule has 2 aliphatic heterocycles. The van der Waals surface area contributed by atoms with Crippen LogP contribution in [-0.2, 0) is 13.1 Å². The van der Waals surface area contributed by atoms with Crippen LogP contribution in [0.4, 0.5) is 34.1 Å². The fourth-order valence-corrected chi connectivity index (χ4v) is 8.75. The highest BCUT2D eigenvalue weighted by Crippen LogP contribution is 2.29. The number of anilines is 2. The molecule has 4 aromatic rings. The molecule has 8 nitrogen and oxygen atoms in total. The molecule has 2 saturated heterocycles. The van der Waals surface area contributed by atoms with E-state index >= 15 is 0 Å². The number of hydrogen-bond acceptors (Lipinski definition) is 4. The van der Waals surface area contributed by atoms with Crippen molar-refractivity contribution in [3.05, 3.63) is 130 Å². The van der Waals surface area contributed by atoms with Crippen LogP contribution in [0.2, 0.25) is 5.02 Å². The van der Waals surface area contributed by atoms with E-state index in [1.165, 1.54) is 18.4 Å². The summed E-state index contributed by atoms with van der Waals surface area (Å²) < 4.78 is 41.6. The number of carbonyl (C=O) groups excluding carboxylic acids is 2. The molecule has 2 atom stereocenters. The minimum absolute atomic E-state index is 0.106. The average molecular weight is 831 g/mol. The zero-order valence-corrected chi connectivity index (χ0v) is 35.2. The maximum atomic E-state index is 14.0. The van der Waals surface area contributed by atoms with Gasteiger partial charge in [0.15, 0.2) is 17.5 Å². The van der Waals surface area contributed by atoms with Gasteiger partial charge < -0.3 is 30.2 Å². The highest BCUT2D eigenvalue weighted by Gasteiger charge is 2.32. The third-order valence-corrected chi connectivity index (χ3v) is 12.2. The molecule has 0 aliphatic carbocycles. The molecule has 2 fully saturated rings. The number of hydrogen-bond donors (Lipinski definition) is 2. The summed E-state index contributed by atoms with van der Waals surface area (Å²) in [5.74, 6) is -4.02. The van der Waals surface area contributed by atoms with Gasteiger partial charge in [-0.2, -0.15) is 0 Å². The maximum Gasteiger partial charge on any atom is 0.322 e. The van der Waals surface area contributed by atoms with E-state index in [1.807, 2.05) is 47.4 Å². The number of piperidine rings is 2.